The zero-order valence-corrected chi connectivity index (χ0v) is 13.6. The van der Waals surface area contributed by atoms with Gasteiger partial charge in [0.05, 0.1) is 16.7 Å². The van der Waals surface area contributed by atoms with Crippen LogP contribution in [0.1, 0.15) is 30.5 Å². The molecule has 2 aromatic rings. The lowest BCUT2D eigenvalue weighted by molar-refractivity contribution is 0.672. The lowest BCUT2D eigenvalue weighted by Crippen LogP contribution is -2.36. The zero-order chi connectivity index (χ0) is 15.1. The average molecular weight is 296 g/mol. The normalized spacial score (nSPS) is 26.2. The van der Waals surface area contributed by atoms with E-state index in [-0.39, 0.29) is 4.75 Å². The molecule has 3 rings (SSSR count). The summed E-state index contributed by atoms with van der Waals surface area (Å²) in [5, 5.41) is 10.4. The van der Waals surface area contributed by atoms with E-state index in [1.54, 1.807) is 0 Å². The number of nitrogens with zero attached hydrogens (tertiary/aromatic N) is 2. The van der Waals surface area contributed by atoms with Gasteiger partial charge in [-0.2, -0.15) is 15.3 Å². The maximum Gasteiger partial charge on any atom is 0.0991 e. The lowest BCUT2D eigenvalue weighted by Gasteiger charge is -2.52. The second kappa shape index (κ2) is 4.89. The number of benzene rings is 1. The summed E-state index contributed by atoms with van der Waals surface area (Å²) in [7, 11) is -1.06. The Kier molecular flexibility index (Phi) is 3.30. The molecule has 0 fully saturated rings. The molecule has 0 spiro atoms. The Morgan fingerprint density at radius 1 is 1.19 bits per heavy atom. The SMILES string of the molecule is CC1(C)Cc2ccc(C#N)cc2CS1(C)c1ccccn1. The van der Waals surface area contributed by atoms with E-state index in [1.807, 2.05) is 18.3 Å². The smallest absolute Gasteiger partial charge is 0.0991 e. The van der Waals surface area contributed by atoms with Gasteiger partial charge in [-0.3, -0.25) is 4.98 Å². The van der Waals surface area contributed by atoms with Gasteiger partial charge >= 0.3 is 0 Å². The quantitative estimate of drug-likeness (QED) is 0.787. The first kappa shape index (κ1) is 14.2. The van der Waals surface area contributed by atoms with Crippen LogP contribution < -0.4 is 0 Å². The van der Waals surface area contributed by atoms with Gasteiger partial charge in [-0.05, 0) is 48.1 Å². The molecular weight excluding hydrogens is 276 g/mol. The Hall–Kier alpha value is -1.79. The summed E-state index contributed by atoms with van der Waals surface area (Å²) >= 11 is 0. The van der Waals surface area contributed by atoms with E-state index in [4.69, 9.17) is 5.26 Å². The third-order valence-corrected chi connectivity index (χ3v) is 9.35. The van der Waals surface area contributed by atoms with E-state index < -0.39 is 10.0 Å². The zero-order valence-electron chi connectivity index (χ0n) is 12.8. The molecule has 0 saturated heterocycles. The van der Waals surface area contributed by atoms with E-state index in [9.17, 15) is 0 Å². The topological polar surface area (TPSA) is 36.7 Å². The Morgan fingerprint density at radius 3 is 2.67 bits per heavy atom. The van der Waals surface area contributed by atoms with Crippen LogP contribution in [0.25, 0.3) is 0 Å². The van der Waals surface area contributed by atoms with Gasteiger partial charge in [-0.15, -0.1) is 0 Å². The molecule has 1 atom stereocenters. The number of aromatic nitrogens is 1. The van der Waals surface area contributed by atoms with E-state index >= 15 is 0 Å². The van der Waals surface area contributed by atoms with Crippen LogP contribution in [0, 0.1) is 11.3 Å². The highest BCUT2D eigenvalue weighted by Crippen LogP contribution is 2.67. The van der Waals surface area contributed by atoms with Crippen molar-refractivity contribution in [2.75, 3.05) is 6.26 Å². The predicted molar refractivity (Wildman–Crippen MR) is 88.7 cm³/mol. The molecule has 1 aromatic heterocycles. The third kappa shape index (κ3) is 2.24. The molecule has 0 aliphatic carbocycles. The maximum absolute atomic E-state index is 9.13. The van der Waals surface area contributed by atoms with Crippen LogP contribution in [0.3, 0.4) is 0 Å². The largest absolute Gasteiger partial charge is 0.251 e. The number of hydrogen-bond acceptors (Lipinski definition) is 2. The van der Waals surface area contributed by atoms with E-state index in [1.165, 1.54) is 16.2 Å². The molecular formula is C18H20N2S. The highest BCUT2D eigenvalue weighted by atomic mass is 32.3. The van der Waals surface area contributed by atoms with Crippen molar-refractivity contribution in [1.29, 1.82) is 5.26 Å². The summed E-state index contributed by atoms with van der Waals surface area (Å²) in [4.78, 5) is 4.66. The minimum atomic E-state index is -1.06. The molecule has 1 unspecified atom stereocenters. The van der Waals surface area contributed by atoms with Crippen LogP contribution in [-0.4, -0.2) is 16.0 Å². The van der Waals surface area contributed by atoms with Gasteiger partial charge in [-0.1, -0.05) is 26.0 Å². The van der Waals surface area contributed by atoms with Crippen molar-refractivity contribution in [2.24, 2.45) is 0 Å². The first-order chi connectivity index (χ1) is 9.96. The summed E-state index contributed by atoms with van der Waals surface area (Å²) in [5.74, 6) is 1.02. The van der Waals surface area contributed by atoms with Crippen molar-refractivity contribution in [3.05, 3.63) is 59.3 Å². The van der Waals surface area contributed by atoms with Crippen molar-refractivity contribution in [3.8, 4) is 6.07 Å². The fraction of sp³-hybridized carbons (Fsp3) is 0.333. The van der Waals surface area contributed by atoms with Gasteiger partial charge in [0.25, 0.3) is 0 Å². The fourth-order valence-electron chi connectivity index (χ4n) is 3.10. The van der Waals surface area contributed by atoms with Crippen molar-refractivity contribution in [3.63, 3.8) is 0 Å². The van der Waals surface area contributed by atoms with Gasteiger partial charge < -0.3 is 0 Å². The summed E-state index contributed by atoms with van der Waals surface area (Å²) in [6.45, 7) is 4.72. The van der Waals surface area contributed by atoms with Crippen LogP contribution in [0.2, 0.25) is 0 Å². The molecule has 1 aliphatic rings. The summed E-state index contributed by atoms with van der Waals surface area (Å²) in [6, 6.07) is 14.6. The Balaban J connectivity index is 2.13. The Labute approximate surface area is 128 Å². The number of hydrogen-bond donors (Lipinski definition) is 0. The van der Waals surface area contributed by atoms with Gasteiger partial charge in [0.15, 0.2) is 0 Å². The van der Waals surface area contributed by atoms with Crippen molar-refractivity contribution < 1.29 is 0 Å². The van der Waals surface area contributed by atoms with Crippen LogP contribution >= 0.6 is 10.0 Å². The van der Waals surface area contributed by atoms with Crippen LogP contribution in [0.5, 0.6) is 0 Å². The van der Waals surface area contributed by atoms with Crippen LogP contribution in [0.15, 0.2) is 47.6 Å². The number of pyridine rings is 1. The molecule has 0 amide bonds. The molecule has 0 saturated carbocycles. The van der Waals surface area contributed by atoms with Crippen molar-refractivity contribution in [2.45, 2.75) is 35.8 Å². The minimum Gasteiger partial charge on any atom is -0.251 e. The van der Waals surface area contributed by atoms with Gasteiger partial charge in [-0.25, -0.2) is 0 Å². The molecule has 2 nitrogen and oxygen atoms in total. The van der Waals surface area contributed by atoms with Crippen molar-refractivity contribution in [1.82, 2.24) is 4.98 Å². The molecule has 0 N–H and O–H groups in total. The summed E-state index contributed by atoms with van der Waals surface area (Å²) < 4.78 is 0.211. The van der Waals surface area contributed by atoms with E-state index in [0.717, 1.165) is 17.7 Å². The monoisotopic (exact) mass is 296 g/mol. The van der Waals surface area contributed by atoms with Gasteiger partial charge in [0, 0.05) is 16.7 Å². The van der Waals surface area contributed by atoms with Gasteiger partial charge in [0.1, 0.15) is 0 Å². The molecule has 2 heterocycles. The van der Waals surface area contributed by atoms with Crippen LogP contribution in [0.4, 0.5) is 0 Å². The molecule has 0 radical (unpaired) electrons. The first-order valence-corrected chi connectivity index (χ1v) is 9.36. The van der Waals surface area contributed by atoms with E-state index in [2.05, 4.69) is 55.4 Å². The molecule has 1 aromatic carbocycles. The molecule has 108 valence electrons. The van der Waals surface area contributed by atoms with Crippen LogP contribution in [-0.2, 0) is 12.2 Å². The first-order valence-electron chi connectivity index (χ1n) is 7.15. The second-order valence-corrected chi connectivity index (χ2v) is 10.4. The fourth-order valence-corrected chi connectivity index (χ4v) is 6.24. The number of fused-ring (bicyclic) bond motifs is 1. The van der Waals surface area contributed by atoms with Gasteiger partial charge in [0.2, 0.25) is 0 Å². The average Bonchev–Trinajstić information content (AvgIpc) is 2.48. The molecule has 21 heavy (non-hydrogen) atoms. The second-order valence-electron chi connectivity index (χ2n) is 6.43. The Morgan fingerprint density at radius 2 is 2.00 bits per heavy atom. The maximum atomic E-state index is 9.13. The predicted octanol–water partition coefficient (Wildman–Crippen LogP) is 4.28. The lowest BCUT2D eigenvalue weighted by atomic mass is 9.96. The Bertz CT molecular complexity index is 716. The third-order valence-electron chi connectivity index (χ3n) is 4.71. The minimum absolute atomic E-state index is 0.211. The number of rotatable bonds is 1. The number of nitriles is 1. The summed E-state index contributed by atoms with van der Waals surface area (Å²) in [6.07, 6.45) is 5.33. The summed E-state index contributed by atoms with van der Waals surface area (Å²) in [5.41, 5.74) is 3.48. The highest BCUT2D eigenvalue weighted by Gasteiger charge is 2.42. The standard InChI is InChI=1S/C18H20N2S/c1-18(2)11-15-8-7-14(12-19)10-16(15)13-21(18,3)17-6-4-5-9-20-17/h4-10H,11,13H2,1-3H3. The van der Waals surface area contributed by atoms with Crippen molar-refractivity contribution >= 4 is 10.0 Å². The molecule has 3 heteroatoms. The van der Waals surface area contributed by atoms with E-state index in [0.29, 0.717) is 0 Å². The molecule has 0 bridgehead atoms. The highest BCUT2D eigenvalue weighted by molar-refractivity contribution is 8.33. The molecule has 1 aliphatic heterocycles.